The van der Waals surface area contributed by atoms with E-state index >= 15 is 0 Å². The molecule has 2 aliphatic heterocycles. The average molecular weight is 318 g/mol. The Bertz CT molecular complexity index is 427. The minimum atomic E-state index is -2.89. The summed E-state index contributed by atoms with van der Waals surface area (Å²) in [7, 11) is -2.89. The maximum atomic E-state index is 11.4. The van der Waals surface area contributed by atoms with Gasteiger partial charge in [0.15, 0.2) is 0 Å². The Balaban J connectivity index is 1.85. The summed E-state index contributed by atoms with van der Waals surface area (Å²) in [6.45, 7) is 6.36. The Kier molecular flexibility index (Phi) is 6.05. The molecule has 124 valence electrons. The van der Waals surface area contributed by atoms with Gasteiger partial charge in [-0.2, -0.15) is 0 Å². The summed E-state index contributed by atoms with van der Waals surface area (Å²) in [5.41, 5.74) is 0. The normalized spacial score (nSPS) is 30.0. The maximum Gasteiger partial charge on any atom is 0.147 e. The molecule has 2 aliphatic rings. The molecule has 3 unspecified atom stereocenters. The van der Waals surface area contributed by atoms with Crippen LogP contribution in [0.4, 0.5) is 0 Å². The van der Waals surface area contributed by atoms with Gasteiger partial charge >= 0.3 is 0 Å². The van der Waals surface area contributed by atoms with Gasteiger partial charge < -0.3 is 5.11 Å². The molecule has 6 heteroatoms. The largest absolute Gasteiger partial charge is 0.395 e. The lowest BCUT2D eigenvalue weighted by atomic mass is 10.1. The van der Waals surface area contributed by atoms with Gasteiger partial charge in [-0.15, -0.1) is 0 Å². The van der Waals surface area contributed by atoms with Crippen molar-refractivity contribution in [3.05, 3.63) is 0 Å². The van der Waals surface area contributed by atoms with Crippen LogP contribution in [0.3, 0.4) is 0 Å². The number of likely N-dealkylation sites (tertiary alicyclic amines) is 2. The van der Waals surface area contributed by atoms with Crippen molar-refractivity contribution in [3.63, 3.8) is 0 Å². The first-order valence-electron chi connectivity index (χ1n) is 8.15. The smallest absolute Gasteiger partial charge is 0.147 e. The fraction of sp³-hybridized carbons (Fsp3) is 1.00. The molecular formula is C15H30N2O3S. The van der Waals surface area contributed by atoms with Gasteiger partial charge in [0.1, 0.15) is 9.84 Å². The van der Waals surface area contributed by atoms with Crippen LogP contribution >= 0.6 is 0 Å². The lowest BCUT2D eigenvalue weighted by Gasteiger charge is -2.32. The second kappa shape index (κ2) is 7.40. The molecule has 2 fully saturated rings. The predicted molar refractivity (Wildman–Crippen MR) is 85.2 cm³/mol. The minimum Gasteiger partial charge on any atom is -0.395 e. The topological polar surface area (TPSA) is 60.9 Å². The van der Waals surface area contributed by atoms with Gasteiger partial charge in [-0.3, -0.25) is 9.80 Å². The lowest BCUT2D eigenvalue weighted by molar-refractivity contribution is 0.118. The first-order valence-corrected chi connectivity index (χ1v) is 10.2. The van der Waals surface area contributed by atoms with Gasteiger partial charge in [0.2, 0.25) is 0 Å². The Hall–Kier alpha value is -0.170. The van der Waals surface area contributed by atoms with E-state index in [-0.39, 0.29) is 18.3 Å². The highest BCUT2D eigenvalue weighted by atomic mass is 32.2. The number of rotatable bonds is 7. The molecule has 0 radical (unpaired) electrons. The molecule has 1 N–H and O–H groups in total. The van der Waals surface area contributed by atoms with Crippen LogP contribution in [0.5, 0.6) is 0 Å². The van der Waals surface area contributed by atoms with Crippen molar-refractivity contribution in [3.8, 4) is 0 Å². The number of hydrogen-bond acceptors (Lipinski definition) is 5. The number of hydrogen-bond donors (Lipinski definition) is 1. The van der Waals surface area contributed by atoms with E-state index < -0.39 is 9.84 Å². The first kappa shape index (κ1) is 17.2. The Morgan fingerprint density at radius 3 is 2.38 bits per heavy atom. The standard InChI is InChI=1S/C15H30N2O3S/c1-13(12-21(2,19)20)9-16-7-3-5-14(16)10-17-8-4-6-15(17)11-18/h13-15,18H,3-12H2,1-2H3. The number of aliphatic hydroxyl groups excluding tert-OH is 1. The molecule has 21 heavy (non-hydrogen) atoms. The first-order chi connectivity index (χ1) is 9.89. The molecule has 0 amide bonds. The molecule has 0 aromatic rings. The fourth-order valence-corrected chi connectivity index (χ4v) is 5.06. The third-order valence-electron chi connectivity index (χ3n) is 4.79. The van der Waals surface area contributed by atoms with E-state index in [0.29, 0.717) is 12.1 Å². The van der Waals surface area contributed by atoms with Crippen LogP contribution in [-0.4, -0.2) is 80.2 Å². The minimum absolute atomic E-state index is 0.188. The van der Waals surface area contributed by atoms with Crippen molar-refractivity contribution < 1.29 is 13.5 Å². The summed E-state index contributed by atoms with van der Waals surface area (Å²) in [6.07, 6.45) is 6.01. The Labute approximate surface area is 129 Å². The Morgan fingerprint density at radius 1 is 1.14 bits per heavy atom. The van der Waals surface area contributed by atoms with Crippen LogP contribution in [0.15, 0.2) is 0 Å². The molecule has 0 aromatic carbocycles. The van der Waals surface area contributed by atoms with Gasteiger partial charge in [-0.25, -0.2) is 8.42 Å². The van der Waals surface area contributed by atoms with E-state index in [0.717, 1.165) is 32.6 Å². The second-order valence-electron chi connectivity index (χ2n) is 6.96. The fourth-order valence-electron chi connectivity index (χ4n) is 3.93. The number of nitrogens with zero attached hydrogens (tertiary/aromatic N) is 2. The molecule has 0 aliphatic carbocycles. The van der Waals surface area contributed by atoms with E-state index in [1.165, 1.54) is 25.5 Å². The number of sulfone groups is 1. The third kappa shape index (κ3) is 5.20. The number of aliphatic hydroxyl groups is 1. The monoisotopic (exact) mass is 318 g/mol. The lowest BCUT2D eigenvalue weighted by Crippen LogP contribution is -2.45. The van der Waals surface area contributed by atoms with E-state index in [1.807, 2.05) is 6.92 Å². The SMILES string of the molecule is CC(CN1CCCC1CN1CCCC1CO)CS(C)(=O)=O. The summed E-state index contributed by atoms with van der Waals surface area (Å²) >= 11 is 0. The quantitative estimate of drug-likeness (QED) is 0.744. The third-order valence-corrected chi connectivity index (χ3v) is 5.96. The zero-order valence-corrected chi connectivity index (χ0v) is 14.2. The van der Waals surface area contributed by atoms with Crippen molar-refractivity contribution >= 4 is 9.84 Å². The van der Waals surface area contributed by atoms with Crippen LogP contribution in [0.2, 0.25) is 0 Å². The molecular weight excluding hydrogens is 288 g/mol. The summed E-state index contributed by atoms with van der Waals surface area (Å²) in [4.78, 5) is 4.88. The molecule has 2 rings (SSSR count). The molecule has 3 atom stereocenters. The second-order valence-corrected chi connectivity index (χ2v) is 9.15. The predicted octanol–water partition coefficient (Wildman–Crippen LogP) is 0.588. The van der Waals surface area contributed by atoms with Crippen LogP contribution in [0.1, 0.15) is 32.6 Å². The highest BCUT2D eigenvalue weighted by Crippen LogP contribution is 2.24. The highest BCUT2D eigenvalue weighted by molar-refractivity contribution is 7.90. The summed E-state index contributed by atoms with van der Waals surface area (Å²) in [6, 6.07) is 0.861. The molecule has 0 saturated carbocycles. The molecule has 2 heterocycles. The summed E-state index contributed by atoms with van der Waals surface area (Å²) < 4.78 is 22.8. The summed E-state index contributed by atoms with van der Waals surface area (Å²) in [5, 5.41) is 9.43. The van der Waals surface area contributed by atoms with E-state index in [4.69, 9.17) is 0 Å². The van der Waals surface area contributed by atoms with E-state index in [9.17, 15) is 13.5 Å². The van der Waals surface area contributed by atoms with Crippen LogP contribution in [0, 0.1) is 5.92 Å². The zero-order valence-electron chi connectivity index (χ0n) is 13.4. The van der Waals surface area contributed by atoms with Gasteiger partial charge in [0, 0.05) is 31.4 Å². The van der Waals surface area contributed by atoms with Crippen LogP contribution in [-0.2, 0) is 9.84 Å². The van der Waals surface area contributed by atoms with Crippen LogP contribution < -0.4 is 0 Å². The summed E-state index contributed by atoms with van der Waals surface area (Å²) in [5.74, 6) is 0.465. The van der Waals surface area contributed by atoms with E-state index in [1.54, 1.807) is 0 Å². The van der Waals surface area contributed by atoms with Gasteiger partial charge in [0.05, 0.1) is 12.4 Å². The van der Waals surface area contributed by atoms with Crippen molar-refractivity contribution in [2.75, 3.05) is 44.8 Å². The molecule has 5 nitrogen and oxygen atoms in total. The average Bonchev–Trinajstić information content (AvgIpc) is 2.97. The van der Waals surface area contributed by atoms with E-state index in [2.05, 4.69) is 9.80 Å². The van der Waals surface area contributed by atoms with Crippen molar-refractivity contribution in [2.24, 2.45) is 5.92 Å². The van der Waals surface area contributed by atoms with Crippen molar-refractivity contribution in [2.45, 2.75) is 44.7 Å². The molecule has 0 spiro atoms. The molecule has 0 aromatic heterocycles. The van der Waals surface area contributed by atoms with Crippen molar-refractivity contribution in [1.29, 1.82) is 0 Å². The zero-order chi connectivity index (χ0) is 15.5. The van der Waals surface area contributed by atoms with Crippen molar-refractivity contribution in [1.82, 2.24) is 9.80 Å². The molecule has 2 saturated heterocycles. The van der Waals surface area contributed by atoms with Crippen LogP contribution in [0.25, 0.3) is 0 Å². The van der Waals surface area contributed by atoms with Gasteiger partial charge in [-0.05, 0) is 44.7 Å². The van der Waals surface area contributed by atoms with Gasteiger partial charge in [-0.1, -0.05) is 6.92 Å². The molecule has 0 bridgehead atoms. The Morgan fingerprint density at radius 2 is 1.76 bits per heavy atom. The van der Waals surface area contributed by atoms with Gasteiger partial charge in [0.25, 0.3) is 0 Å². The highest BCUT2D eigenvalue weighted by Gasteiger charge is 2.31. The maximum absolute atomic E-state index is 11.4.